The molecule has 0 radical (unpaired) electrons. The zero-order chi connectivity index (χ0) is 20.1. The molecule has 8 nitrogen and oxygen atoms in total. The van der Waals surface area contributed by atoms with E-state index in [1.54, 1.807) is 24.3 Å². The lowest BCUT2D eigenvalue weighted by Gasteiger charge is -2.08. The highest BCUT2D eigenvalue weighted by molar-refractivity contribution is 5.94. The number of benzene rings is 2. The van der Waals surface area contributed by atoms with Crippen molar-refractivity contribution in [3.63, 3.8) is 0 Å². The summed E-state index contributed by atoms with van der Waals surface area (Å²) >= 11 is 0. The van der Waals surface area contributed by atoms with Crippen LogP contribution in [0.2, 0.25) is 0 Å². The van der Waals surface area contributed by atoms with Crippen LogP contribution in [0.4, 0.5) is 5.69 Å². The van der Waals surface area contributed by atoms with E-state index in [0.29, 0.717) is 23.2 Å². The molecule has 1 aromatic heterocycles. The molecule has 1 aliphatic rings. The molecule has 2 aromatic carbocycles. The van der Waals surface area contributed by atoms with Crippen molar-refractivity contribution in [2.24, 2.45) is 0 Å². The van der Waals surface area contributed by atoms with Crippen LogP contribution in [0.3, 0.4) is 0 Å². The molecule has 0 spiro atoms. The predicted molar refractivity (Wildman–Crippen MR) is 107 cm³/mol. The summed E-state index contributed by atoms with van der Waals surface area (Å²) < 4.78 is 5.34. The fourth-order valence-corrected chi connectivity index (χ4v) is 2.75. The number of ether oxygens (including phenoxy) is 1. The molecule has 0 saturated heterocycles. The highest BCUT2D eigenvalue weighted by Crippen LogP contribution is 2.38. The number of aromatic nitrogens is 3. The summed E-state index contributed by atoms with van der Waals surface area (Å²) in [5.74, 6) is 2.01. The zero-order valence-corrected chi connectivity index (χ0v) is 15.7. The Balaban J connectivity index is 1.22. The van der Waals surface area contributed by atoms with Gasteiger partial charge in [-0.05, 0) is 49.2 Å². The molecular formula is C21H21N5O3. The van der Waals surface area contributed by atoms with Crippen molar-refractivity contribution in [3.05, 3.63) is 60.4 Å². The molecule has 0 bridgehead atoms. The van der Waals surface area contributed by atoms with Gasteiger partial charge >= 0.3 is 0 Å². The van der Waals surface area contributed by atoms with Gasteiger partial charge in [-0.2, -0.15) is 5.10 Å². The van der Waals surface area contributed by atoms with Gasteiger partial charge < -0.3 is 15.4 Å². The average Bonchev–Trinajstić information content (AvgIpc) is 3.49. The van der Waals surface area contributed by atoms with E-state index in [1.807, 2.05) is 30.3 Å². The SMILES string of the molecule is O=C(COc1ccccc1)NCC(=O)Nc1ccc(-c2n[nH]c(C3CC3)n2)cc1. The Hall–Kier alpha value is -3.68. The molecular weight excluding hydrogens is 370 g/mol. The molecule has 4 rings (SSSR count). The van der Waals surface area contributed by atoms with Crippen molar-refractivity contribution >= 4 is 17.5 Å². The fraction of sp³-hybridized carbons (Fsp3) is 0.238. The maximum Gasteiger partial charge on any atom is 0.258 e. The van der Waals surface area contributed by atoms with E-state index in [9.17, 15) is 9.59 Å². The van der Waals surface area contributed by atoms with E-state index in [2.05, 4.69) is 25.8 Å². The molecule has 148 valence electrons. The first-order valence-corrected chi connectivity index (χ1v) is 9.44. The van der Waals surface area contributed by atoms with Gasteiger partial charge in [0.1, 0.15) is 11.6 Å². The van der Waals surface area contributed by atoms with Crippen LogP contribution in [0.15, 0.2) is 54.6 Å². The van der Waals surface area contributed by atoms with E-state index in [4.69, 9.17) is 4.74 Å². The van der Waals surface area contributed by atoms with Crippen molar-refractivity contribution in [1.82, 2.24) is 20.5 Å². The monoisotopic (exact) mass is 391 g/mol. The van der Waals surface area contributed by atoms with Crippen LogP contribution in [0.1, 0.15) is 24.6 Å². The molecule has 0 unspecified atom stereocenters. The van der Waals surface area contributed by atoms with Gasteiger partial charge in [0.2, 0.25) is 5.91 Å². The fourth-order valence-electron chi connectivity index (χ4n) is 2.75. The second-order valence-electron chi connectivity index (χ2n) is 6.82. The number of aromatic amines is 1. The summed E-state index contributed by atoms with van der Waals surface area (Å²) in [5, 5.41) is 12.5. The maximum atomic E-state index is 12.0. The third-order valence-corrected chi connectivity index (χ3v) is 4.45. The summed E-state index contributed by atoms with van der Waals surface area (Å²) in [4.78, 5) is 28.3. The maximum absolute atomic E-state index is 12.0. The van der Waals surface area contributed by atoms with E-state index < -0.39 is 0 Å². The highest BCUT2D eigenvalue weighted by atomic mass is 16.5. The normalized spacial score (nSPS) is 13.0. The van der Waals surface area contributed by atoms with Gasteiger partial charge in [0, 0.05) is 17.2 Å². The number of carbonyl (C=O) groups is 2. The van der Waals surface area contributed by atoms with Crippen LogP contribution < -0.4 is 15.4 Å². The molecule has 1 fully saturated rings. The Morgan fingerprint density at radius 2 is 1.79 bits per heavy atom. The van der Waals surface area contributed by atoms with Crippen LogP contribution >= 0.6 is 0 Å². The summed E-state index contributed by atoms with van der Waals surface area (Å²) in [6, 6.07) is 16.3. The number of hydrogen-bond donors (Lipinski definition) is 3. The number of carbonyl (C=O) groups excluding carboxylic acids is 2. The first kappa shape index (κ1) is 18.7. The molecule has 3 N–H and O–H groups in total. The van der Waals surface area contributed by atoms with Gasteiger partial charge in [-0.15, -0.1) is 0 Å². The average molecular weight is 391 g/mol. The number of rotatable bonds is 8. The molecule has 8 heteroatoms. The largest absolute Gasteiger partial charge is 0.484 e. The smallest absolute Gasteiger partial charge is 0.258 e. The van der Waals surface area contributed by atoms with Gasteiger partial charge in [-0.25, -0.2) is 4.98 Å². The van der Waals surface area contributed by atoms with Crippen LogP contribution in [0, 0.1) is 0 Å². The van der Waals surface area contributed by atoms with E-state index >= 15 is 0 Å². The minimum Gasteiger partial charge on any atom is -0.484 e. The van der Waals surface area contributed by atoms with Gasteiger partial charge in [0.25, 0.3) is 5.91 Å². The summed E-state index contributed by atoms with van der Waals surface area (Å²) in [5.41, 5.74) is 1.50. The van der Waals surface area contributed by atoms with E-state index in [0.717, 1.165) is 24.2 Å². The van der Waals surface area contributed by atoms with Crippen LogP contribution in [-0.4, -0.2) is 40.1 Å². The molecule has 1 saturated carbocycles. The number of H-pyrrole nitrogens is 1. The number of hydrogen-bond acceptors (Lipinski definition) is 5. The van der Waals surface area contributed by atoms with Gasteiger partial charge in [-0.1, -0.05) is 18.2 Å². The van der Waals surface area contributed by atoms with Crippen molar-refractivity contribution in [2.75, 3.05) is 18.5 Å². The third kappa shape index (κ3) is 5.19. The summed E-state index contributed by atoms with van der Waals surface area (Å²) in [6.45, 7) is -0.282. The lowest BCUT2D eigenvalue weighted by atomic mass is 10.2. The topological polar surface area (TPSA) is 109 Å². The minimum atomic E-state index is -0.365. The Morgan fingerprint density at radius 1 is 1.03 bits per heavy atom. The van der Waals surface area contributed by atoms with Crippen molar-refractivity contribution < 1.29 is 14.3 Å². The second-order valence-corrected chi connectivity index (χ2v) is 6.82. The standard InChI is InChI=1S/C21H21N5O3/c27-18(12-22-19(28)13-29-17-4-2-1-3-5-17)23-16-10-8-15(9-11-16)21-24-20(25-26-21)14-6-7-14/h1-5,8-11,14H,6-7,12-13H2,(H,22,28)(H,23,27)(H,24,25,26). The minimum absolute atomic E-state index is 0.135. The van der Waals surface area contributed by atoms with Gasteiger partial charge in [0.15, 0.2) is 12.4 Å². The predicted octanol–water partition coefficient (Wildman–Crippen LogP) is 2.48. The number of para-hydroxylation sites is 1. The van der Waals surface area contributed by atoms with Crippen molar-refractivity contribution in [2.45, 2.75) is 18.8 Å². The summed E-state index contributed by atoms with van der Waals surface area (Å²) in [6.07, 6.45) is 2.32. The Bertz CT molecular complexity index is 981. The van der Waals surface area contributed by atoms with Crippen molar-refractivity contribution in [3.8, 4) is 17.1 Å². The van der Waals surface area contributed by atoms with Gasteiger partial charge in [0.05, 0.1) is 6.54 Å². The summed E-state index contributed by atoms with van der Waals surface area (Å²) in [7, 11) is 0. The Morgan fingerprint density at radius 3 is 2.52 bits per heavy atom. The lowest BCUT2D eigenvalue weighted by Crippen LogP contribution is -2.35. The molecule has 1 heterocycles. The first-order chi connectivity index (χ1) is 14.2. The third-order valence-electron chi connectivity index (χ3n) is 4.45. The number of nitrogens with zero attached hydrogens (tertiary/aromatic N) is 2. The lowest BCUT2D eigenvalue weighted by molar-refractivity contribution is -0.125. The van der Waals surface area contributed by atoms with Crippen LogP contribution in [0.25, 0.3) is 11.4 Å². The van der Waals surface area contributed by atoms with Crippen LogP contribution in [-0.2, 0) is 9.59 Å². The first-order valence-electron chi connectivity index (χ1n) is 9.44. The highest BCUT2D eigenvalue weighted by Gasteiger charge is 2.27. The van der Waals surface area contributed by atoms with E-state index in [1.165, 1.54) is 0 Å². The quantitative estimate of drug-likeness (QED) is 0.547. The van der Waals surface area contributed by atoms with E-state index in [-0.39, 0.29) is 25.0 Å². The molecule has 3 aromatic rings. The number of anilines is 1. The number of amides is 2. The molecule has 0 atom stereocenters. The molecule has 2 amide bonds. The van der Waals surface area contributed by atoms with Crippen LogP contribution in [0.5, 0.6) is 5.75 Å². The second kappa shape index (κ2) is 8.55. The zero-order valence-electron chi connectivity index (χ0n) is 15.7. The Labute approximate surface area is 167 Å². The number of nitrogens with one attached hydrogen (secondary N) is 3. The molecule has 0 aliphatic heterocycles. The van der Waals surface area contributed by atoms with Gasteiger partial charge in [-0.3, -0.25) is 14.7 Å². The van der Waals surface area contributed by atoms with Crippen molar-refractivity contribution in [1.29, 1.82) is 0 Å². The Kier molecular flexibility index (Phi) is 5.51. The molecule has 1 aliphatic carbocycles. The molecule has 29 heavy (non-hydrogen) atoms.